The van der Waals surface area contributed by atoms with E-state index in [1.165, 1.54) is 11.3 Å². The monoisotopic (exact) mass is 308 g/mol. The van der Waals surface area contributed by atoms with Crippen molar-refractivity contribution in [2.24, 2.45) is 0 Å². The summed E-state index contributed by atoms with van der Waals surface area (Å²) >= 11 is 7.34. The Morgan fingerprint density at radius 2 is 2.40 bits per heavy atom. The zero-order valence-electron chi connectivity index (χ0n) is 10.3. The first kappa shape index (κ1) is 11.8. The number of hydrogen-bond donors (Lipinski definition) is 1. The maximum atomic E-state index is 5.96. The molecular formula is C12H9ClN4O2S. The lowest BCUT2D eigenvalue weighted by Gasteiger charge is -2.06. The third kappa shape index (κ3) is 1.78. The smallest absolute Gasteiger partial charge is 0.294 e. The summed E-state index contributed by atoms with van der Waals surface area (Å²) in [5.74, 6) is 0.765. The van der Waals surface area contributed by atoms with Gasteiger partial charge in [-0.3, -0.25) is 0 Å². The number of aromatic nitrogens is 3. The van der Waals surface area contributed by atoms with E-state index >= 15 is 0 Å². The Balaban J connectivity index is 1.66. The molecule has 0 aliphatic carbocycles. The third-order valence-corrected chi connectivity index (χ3v) is 4.08. The Bertz CT molecular complexity index is 768. The van der Waals surface area contributed by atoms with E-state index in [4.69, 9.17) is 21.1 Å². The molecule has 1 aromatic carbocycles. The Morgan fingerprint density at radius 1 is 1.50 bits per heavy atom. The zero-order valence-corrected chi connectivity index (χ0v) is 11.9. The lowest BCUT2D eigenvalue weighted by atomic mass is 10.3. The number of methoxy groups -OCH3 is 1. The van der Waals surface area contributed by atoms with Gasteiger partial charge < -0.3 is 14.8 Å². The Hall–Kier alpha value is -1.99. The molecule has 6 nitrogen and oxygen atoms in total. The number of halogens is 1. The van der Waals surface area contributed by atoms with Crippen LogP contribution in [0.15, 0.2) is 24.4 Å². The number of ether oxygens (including phenoxy) is 2. The van der Waals surface area contributed by atoms with Crippen LogP contribution < -0.4 is 14.8 Å². The maximum Gasteiger partial charge on any atom is 0.294 e. The van der Waals surface area contributed by atoms with Crippen LogP contribution in [0.25, 0.3) is 4.96 Å². The van der Waals surface area contributed by atoms with Gasteiger partial charge in [0.25, 0.3) is 5.19 Å². The van der Waals surface area contributed by atoms with Crippen LogP contribution in [-0.2, 0) is 0 Å². The third-order valence-electron chi connectivity index (χ3n) is 2.96. The second kappa shape index (κ2) is 4.26. The summed E-state index contributed by atoms with van der Waals surface area (Å²) < 4.78 is 12.6. The zero-order chi connectivity index (χ0) is 13.7. The molecule has 0 radical (unpaired) electrons. The minimum Gasteiger partial charge on any atom is -0.472 e. The molecule has 3 aromatic rings. The largest absolute Gasteiger partial charge is 0.472 e. The normalized spacial score (nSPS) is 16.8. The Kier molecular flexibility index (Phi) is 2.51. The predicted molar refractivity (Wildman–Crippen MR) is 75.9 cm³/mol. The number of imidazole rings is 1. The van der Waals surface area contributed by atoms with E-state index in [0.717, 1.165) is 22.1 Å². The van der Waals surface area contributed by atoms with Gasteiger partial charge in [-0.05, 0) is 29.5 Å². The standard InChI is InChI=1S/C12H9ClN4O2S/c1-18-12-16-17-5-8(15-11(17)20-12)10-14-7-4-6(13)2-3-9(7)19-10/h2-5,10,14H,1H3. The molecule has 1 N–H and O–H groups in total. The fraction of sp³-hybridized carbons (Fsp3) is 0.167. The van der Waals surface area contributed by atoms with Crippen molar-refractivity contribution in [2.45, 2.75) is 6.23 Å². The van der Waals surface area contributed by atoms with Crippen LogP contribution in [0.5, 0.6) is 10.9 Å². The van der Waals surface area contributed by atoms with Crippen LogP contribution in [0.4, 0.5) is 5.69 Å². The van der Waals surface area contributed by atoms with E-state index in [2.05, 4.69) is 15.4 Å². The van der Waals surface area contributed by atoms with Gasteiger partial charge in [0.2, 0.25) is 11.2 Å². The van der Waals surface area contributed by atoms with E-state index in [1.54, 1.807) is 17.7 Å². The van der Waals surface area contributed by atoms with Crippen molar-refractivity contribution >= 4 is 33.6 Å². The second-order valence-electron chi connectivity index (χ2n) is 4.25. The molecule has 0 spiro atoms. The second-order valence-corrected chi connectivity index (χ2v) is 5.60. The number of anilines is 1. The van der Waals surface area contributed by atoms with Crippen LogP contribution in [0.2, 0.25) is 5.02 Å². The van der Waals surface area contributed by atoms with E-state index in [0.29, 0.717) is 10.2 Å². The van der Waals surface area contributed by atoms with Crippen molar-refractivity contribution in [1.29, 1.82) is 0 Å². The quantitative estimate of drug-likeness (QED) is 0.788. The van der Waals surface area contributed by atoms with Crippen molar-refractivity contribution in [3.05, 3.63) is 35.1 Å². The Morgan fingerprint density at radius 3 is 3.20 bits per heavy atom. The fourth-order valence-electron chi connectivity index (χ4n) is 2.06. The van der Waals surface area contributed by atoms with Crippen molar-refractivity contribution in [3.8, 4) is 10.9 Å². The fourth-order valence-corrected chi connectivity index (χ4v) is 2.94. The highest BCUT2D eigenvalue weighted by Gasteiger charge is 2.26. The van der Waals surface area contributed by atoms with Gasteiger partial charge in [0.05, 0.1) is 19.0 Å². The first-order chi connectivity index (χ1) is 9.72. The molecule has 0 bridgehead atoms. The van der Waals surface area contributed by atoms with Gasteiger partial charge >= 0.3 is 0 Å². The molecule has 1 unspecified atom stereocenters. The summed E-state index contributed by atoms with van der Waals surface area (Å²) in [7, 11) is 1.58. The van der Waals surface area contributed by atoms with Crippen molar-refractivity contribution in [3.63, 3.8) is 0 Å². The molecule has 0 amide bonds. The van der Waals surface area contributed by atoms with Gasteiger partial charge in [-0.2, -0.15) is 0 Å². The predicted octanol–water partition coefficient (Wildman–Crippen LogP) is 2.96. The minimum absolute atomic E-state index is 0.330. The molecule has 0 saturated heterocycles. The van der Waals surface area contributed by atoms with Gasteiger partial charge in [0, 0.05) is 5.02 Å². The minimum atomic E-state index is -0.330. The first-order valence-electron chi connectivity index (χ1n) is 5.86. The molecule has 0 saturated carbocycles. The van der Waals surface area contributed by atoms with Crippen LogP contribution in [0.1, 0.15) is 11.9 Å². The number of hydrogen-bond acceptors (Lipinski definition) is 6. The topological polar surface area (TPSA) is 60.7 Å². The maximum absolute atomic E-state index is 5.96. The number of nitrogens with zero attached hydrogens (tertiary/aromatic N) is 3. The van der Waals surface area contributed by atoms with Crippen LogP contribution in [0, 0.1) is 0 Å². The van der Waals surface area contributed by atoms with Crippen LogP contribution in [-0.4, -0.2) is 21.7 Å². The highest BCUT2D eigenvalue weighted by atomic mass is 35.5. The summed E-state index contributed by atoms with van der Waals surface area (Å²) in [6.45, 7) is 0. The molecular weight excluding hydrogens is 300 g/mol. The lowest BCUT2D eigenvalue weighted by Crippen LogP contribution is -2.10. The number of benzene rings is 1. The summed E-state index contributed by atoms with van der Waals surface area (Å²) in [5.41, 5.74) is 1.63. The van der Waals surface area contributed by atoms with E-state index in [9.17, 15) is 0 Å². The van der Waals surface area contributed by atoms with Crippen molar-refractivity contribution in [2.75, 3.05) is 12.4 Å². The molecule has 8 heteroatoms. The average molecular weight is 309 g/mol. The van der Waals surface area contributed by atoms with Crippen LogP contribution in [0.3, 0.4) is 0 Å². The molecule has 3 heterocycles. The van der Waals surface area contributed by atoms with E-state index in [-0.39, 0.29) is 6.23 Å². The summed E-state index contributed by atoms with van der Waals surface area (Å²) in [6, 6.07) is 5.46. The van der Waals surface area contributed by atoms with Gasteiger partial charge in [-0.1, -0.05) is 11.6 Å². The molecule has 20 heavy (non-hydrogen) atoms. The Labute approximate surface area is 122 Å². The van der Waals surface area contributed by atoms with Crippen molar-refractivity contribution in [1.82, 2.24) is 14.6 Å². The summed E-state index contributed by atoms with van der Waals surface area (Å²) in [4.78, 5) is 5.25. The molecule has 1 atom stereocenters. The lowest BCUT2D eigenvalue weighted by molar-refractivity contribution is 0.255. The van der Waals surface area contributed by atoms with Gasteiger partial charge in [-0.15, -0.1) is 5.10 Å². The number of rotatable bonds is 2. The number of nitrogens with one attached hydrogen (secondary N) is 1. The first-order valence-corrected chi connectivity index (χ1v) is 7.05. The summed E-state index contributed by atoms with van der Waals surface area (Å²) in [6.07, 6.45) is 1.49. The summed E-state index contributed by atoms with van der Waals surface area (Å²) in [5, 5.41) is 8.71. The highest BCUT2D eigenvalue weighted by molar-refractivity contribution is 7.18. The van der Waals surface area contributed by atoms with Crippen LogP contribution >= 0.6 is 22.9 Å². The van der Waals surface area contributed by atoms with Gasteiger partial charge in [-0.25, -0.2) is 9.50 Å². The molecule has 2 aromatic heterocycles. The highest BCUT2D eigenvalue weighted by Crippen LogP contribution is 2.39. The molecule has 1 aliphatic rings. The molecule has 1 aliphatic heterocycles. The molecule has 102 valence electrons. The molecule has 0 fully saturated rings. The van der Waals surface area contributed by atoms with Gasteiger partial charge in [0.15, 0.2) is 0 Å². The van der Waals surface area contributed by atoms with E-state index in [1.807, 2.05) is 18.3 Å². The molecule has 4 rings (SSSR count). The van der Waals surface area contributed by atoms with Gasteiger partial charge in [0.1, 0.15) is 11.4 Å². The van der Waals surface area contributed by atoms with E-state index < -0.39 is 0 Å². The van der Waals surface area contributed by atoms with Crippen molar-refractivity contribution < 1.29 is 9.47 Å². The average Bonchev–Trinajstić information content (AvgIpc) is 3.08. The number of fused-ring (bicyclic) bond motifs is 2. The SMILES string of the molecule is COc1nn2cc(C3Nc4cc(Cl)ccc4O3)nc2s1.